The zero-order valence-electron chi connectivity index (χ0n) is 11.4. The Labute approximate surface area is 105 Å². The van der Waals surface area contributed by atoms with E-state index in [0.29, 0.717) is 6.04 Å². The third-order valence-corrected chi connectivity index (χ3v) is 4.02. The second-order valence-electron chi connectivity index (χ2n) is 6.48. The standard InChI is InChI=1S/C16H25N/c1-16(2,3)14-8-4-12(5-9-14)13-6-10-15(17)11-7-13/h4-5,8-9,13,15H,6-7,10-11,17H2,1-3H3/t13-,15+. The molecule has 0 saturated heterocycles. The van der Waals surface area contributed by atoms with Crippen LogP contribution in [0.1, 0.15) is 63.5 Å². The van der Waals surface area contributed by atoms with E-state index in [1.165, 1.54) is 36.8 Å². The highest BCUT2D eigenvalue weighted by Crippen LogP contribution is 2.33. The molecule has 0 aromatic heterocycles. The average Bonchev–Trinajstić information content (AvgIpc) is 2.29. The molecule has 0 heterocycles. The smallest absolute Gasteiger partial charge is 0.00392 e. The summed E-state index contributed by atoms with van der Waals surface area (Å²) in [5.41, 5.74) is 9.14. The van der Waals surface area contributed by atoms with Gasteiger partial charge in [0.1, 0.15) is 0 Å². The predicted octanol–water partition coefficient (Wildman–Crippen LogP) is 3.97. The van der Waals surface area contributed by atoms with E-state index in [4.69, 9.17) is 5.73 Å². The summed E-state index contributed by atoms with van der Waals surface area (Å²) in [7, 11) is 0. The quantitative estimate of drug-likeness (QED) is 0.777. The number of hydrogen-bond acceptors (Lipinski definition) is 1. The third-order valence-electron chi connectivity index (χ3n) is 4.02. The molecule has 1 heteroatoms. The highest BCUT2D eigenvalue weighted by Gasteiger charge is 2.20. The van der Waals surface area contributed by atoms with Crippen LogP contribution in [-0.4, -0.2) is 6.04 Å². The zero-order valence-corrected chi connectivity index (χ0v) is 11.4. The van der Waals surface area contributed by atoms with Crippen molar-refractivity contribution in [1.29, 1.82) is 0 Å². The largest absolute Gasteiger partial charge is 0.328 e. The van der Waals surface area contributed by atoms with Crippen LogP contribution in [0.2, 0.25) is 0 Å². The lowest BCUT2D eigenvalue weighted by Gasteiger charge is -2.27. The van der Waals surface area contributed by atoms with E-state index < -0.39 is 0 Å². The first-order valence-corrected chi connectivity index (χ1v) is 6.83. The molecule has 2 N–H and O–H groups in total. The Morgan fingerprint density at radius 3 is 1.94 bits per heavy atom. The minimum Gasteiger partial charge on any atom is -0.328 e. The van der Waals surface area contributed by atoms with Crippen molar-refractivity contribution in [3.05, 3.63) is 35.4 Å². The van der Waals surface area contributed by atoms with Crippen LogP contribution < -0.4 is 5.73 Å². The van der Waals surface area contributed by atoms with Gasteiger partial charge in [-0.2, -0.15) is 0 Å². The zero-order chi connectivity index (χ0) is 12.5. The maximum absolute atomic E-state index is 5.96. The summed E-state index contributed by atoms with van der Waals surface area (Å²) >= 11 is 0. The summed E-state index contributed by atoms with van der Waals surface area (Å²) in [5.74, 6) is 0.740. The van der Waals surface area contributed by atoms with Gasteiger partial charge in [-0.05, 0) is 48.1 Å². The minimum absolute atomic E-state index is 0.257. The van der Waals surface area contributed by atoms with E-state index >= 15 is 0 Å². The number of hydrogen-bond donors (Lipinski definition) is 1. The molecule has 1 fully saturated rings. The highest BCUT2D eigenvalue weighted by atomic mass is 14.6. The molecular formula is C16H25N. The molecule has 1 saturated carbocycles. The molecule has 1 aliphatic rings. The molecule has 94 valence electrons. The van der Waals surface area contributed by atoms with Crippen molar-refractivity contribution >= 4 is 0 Å². The summed E-state index contributed by atoms with van der Waals surface area (Å²) in [5, 5.41) is 0. The monoisotopic (exact) mass is 231 g/mol. The third kappa shape index (κ3) is 3.10. The fourth-order valence-electron chi connectivity index (χ4n) is 2.71. The molecule has 1 aromatic carbocycles. The fourth-order valence-corrected chi connectivity index (χ4v) is 2.71. The van der Waals surface area contributed by atoms with Crippen LogP contribution in [0.15, 0.2) is 24.3 Å². The lowest BCUT2D eigenvalue weighted by molar-refractivity contribution is 0.395. The lowest BCUT2D eigenvalue weighted by Crippen LogP contribution is -2.25. The molecule has 1 aliphatic carbocycles. The molecule has 0 atom stereocenters. The van der Waals surface area contributed by atoms with Crippen molar-refractivity contribution in [3.8, 4) is 0 Å². The minimum atomic E-state index is 0.257. The van der Waals surface area contributed by atoms with Gasteiger partial charge in [0.15, 0.2) is 0 Å². The van der Waals surface area contributed by atoms with E-state index in [2.05, 4.69) is 45.0 Å². The predicted molar refractivity (Wildman–Crippen MR) is 74.3 cm³/mol. The van der Waals surface area contributed by atoms with Crippen LogP contribution in [0, 0.1) is 0 Å². The Bertz CT molecular complexity index is 350. The maximum Gasteiger partial charge on any atom is 0.00392 e. The molecule has 0 aliphatic heterocycles. The average molecular weight is 231 g/mol. The Morgan fingerprint density at radius 1 is 0.941 bits per heavy atom. The summed E-state index contributed by atoms with van der Waals surface area (Å²) in [4.78, 5) is 0. The molecule has 0 radical (unpaired) electrons. The van der Waals surface area contributed by atoms with Gasteiger partial charge in [-0.1, -0.05) is 45.0 Å². The normalized spacial score (nSPS) is 25.9. The lowest BCUT2D eigenvalue weighted by atomic mass is 9.80. The summed E-state index contributed by atoms with van der Waals surface area (Å²) < 4.78 is 0. The summed E-state index contributed by atoms with van der Waals surface area (Å²) in [6.07, 6.45) is 4.89. The van der Waals surface area contributed by atoms with Crippen LogP contribution in [-0.2, 0) is 5.41 Å². The first-order valence-electron chi connectivity index (χ1n) is 6.83. The van der Waals surface area contributed by atoms with Crippen LogP contribution in [0.25, 0.3) is 0 Å². The first-order chi connectivity index (χ1) is 7.97. The van der Waals surface area contributed by atoms with Gasteiger partial charge in [0.25, 0.3) is 0 Å². The second kappa shape index (κ2) is 4.81. The van der Waals surface area contributed by atoms with Crippen LogP contribution in [0.4, 0.5) is 0 Å². The maximum atomic E-state index is 5.96. The van der Waals surface area contributed by atoms with Gasteiger partial charge >= 0.3 is 0 Å². The van der Waals surface area contributed by atoms with E-state index in [0.717, 1.165) is 5.92 Å². The van der Waals surface area contributed by atoms with Crippen molar-refractivity contribution in [2.45, 2.75) is 63.8 Å². The van der Waals surface area contributed by atoms with Crippen molar-refractivity contribution in [2.24, 2.45) is 5.73 Å². The molecule has 2 rings (SSSR count). The molecule has 1 aromatic rings. The van der Waals surface area contributed by atoms with E-state index in [9.17, 15) is 0 Å². The first kappa shape index (κ1) is 12.6. The Kier molecular flexibility index (Phi) is 3.58. The highest BCUT2D eigenvalue weighted by molar-refractivity contribution is 5.29. The van der Waals surface area contributed by atoms with Crippen LogP contribution in [0.3, 0.4) is 0 Å². The summed E-state index contributed by atoms with van der Waals surface area (Å²) in [6, 6.07) is 9.68. The Balaban J connectivity index is 2.08. The van der Waals surface area contributed by atoms with Crippen LogP contribution in [0.5, 0.6) is 0 Å². The summed E-state index contributed by atoms with van der Waals surface area (Å²) in [6.45, 7) is 6.80. The SMILES string of the molecule is CC(C)(C)c1ccc([C@H]2CC[C@@H](N)CC2)cc1. The van der Waals surface area contributed by atoms with Gasteiger partial charge in [-0.25, -0.2) is 0 Å². The molecular weight excluding hydrogens is 206 g/mol. The van der Waals surface area contributed by atoms with Gasteiger partial charge in [-0.3, -0.25) is 0 Å². The number of nitrogens with two attached hydrogens (primary N) is 1. The van der Waals surface area contributed by atoms with Gasteiger partial charge in [0.05, 0.1) is 0 Å². The Hall–Kier alpha value is -0.820. The van der Waals surface area contributed by atoms with Gasteiger partial charge in [0.2, 0.25) is 0 Å². The van der Waals surface area contributed by atoms with E-state index in [1.807, 2.05) is 0 Å². The van der Waals surface area contributed by atoms with Gasteiger partial charge in [0, 0.05) is 6.04 Å². The molecule has 17 heavy (non-hydrogen) atoms. The van der Waals surface area contributed by atoms with Gasteiger partial charge in [-0.15, -0.1) is 0 Å². The topological polar surface area (TPSA) is 26.0 Å². The van der Waals surface area contributed by atoms with Gasteiger partial charge < -0.3 is 5.73 Å². The number of benzene rings is 1. The van der Waals surface area contributed by atoms with E-state index in [1.54, 1.807) is 0 Å². The van der Waals surface area contributed by atoms with Crippen molar-refractivity contribution in [3.63, 3.8) is 0 Å². The fraction of sp³-hybridized carbons (Fsp3) is 0.625. The molecule has 0 spiro atoms. The molecule has 0 bridgehead atoms. The van der Waals surface area contributed by atoms with Crippen molar-refractivity contribution < 1.29 is 0 Å². The number of rotatable bonds is 1. The Morgan fingerprint density at radius 2 is 1.47 bits per heavy atom. The molecule has 0 unspecified atom stereocenters. The van der Waals surface area contributed by atoms with Crippen molar-refractivity contribution in [2.75, 3.05) is 0 Å². The molecule has 0 amide bonds. The second-order valence-corrected chi connectivity index (χ2v) is 6.48. The van der Waals surface area contributed by atoms with Crippen LogP contribution >= 0.6 is 0 Å². The molecule has 1 nitrogen and oxygen atoms in total. The van der Waals surface area contributed by atoms with E-state index in [-0.39, 0.29) is 5.41 Å². The van der Waals surface area contributed by atoms with Crippen molar-refractivity contribution in [1.82, 2.24) is 0 Å².